The first kappa shape index (κ1) is 7.73. The van der Waals surface area contributed by atoms with Crippen LogP contribution in [0.1, 0.15) is 18.6 Å². The first-order valence-corrected chi connectivity index (χ1v) is 4.01. The van der Waals surface area contributed by atoms with Gasteiger partial charge in [-0.3, -0.25) is 0 Å². The number of hydrogen-bond acceptors (Lipinski definition) is 3. The Bertz CT molecular complexity index is 250. The van der Waals surface area contributed by atoms with E-state index in [4.69, 9.17) is 4.89 Å². The lowest BCUT2D eigenvalue weighted by Crippen LogP contribution is -2.20. The zero-order valence-electron chi connectivity index (χ0n) is 6.86. The van der Waals surface area contributed by atoms with E-state index in [9.17, 15) is 0 Å². The van der Waals surface area contributed by atoms with Crippen LogP contribution in [-0.4, -0.2) is 6.04 Å². The number of rotatable bonds is 1. The van der Waals surface area contributed by atoms with Gasteiger partial charge >= 0.3 is 0 Å². The highest BCUT2D eigenvalue weighted by Crippen LogP contribution is 2.24. The molecule has 1 fully saturated rings. The predicted molar refractivity (Wildman–Crippen MR) is 44.0 cm³/mol. The molecule has 2 atom stereocenters. The molecular weight excluding hydrogens is 154 g/mol. The van der Waals surface area contributed by atoms with Crippen LogP contribution in [0.15, 0.2) is 30.3 Å². The normalized spacial score (nSPS) is 29.1. The van der Waals surface area contributed by atoms with Crippen LogP contribution in [0, 0.1) is 0 Å². The van der Waals surface area contributed by atoms with E-state index in [1.54, 1.807) is 0 Å². The van der Waals surface area contributed by atoms with Crippen molar-refractivity contribution < 1.29 is 9.88 Å². The van der Waals surface area contributed by atoms with Crippen molar-refractivity contribution in [2.45, 2.75) is 19.1 Å². The summed E-state index contributed by atoms with van der Waals surface area (Å²) >= 11 is 0. The lowest BCUT2D eigenvalue weighted by Gasteiger charge is -2.09. The number of benzene rings is 1. The lowest BCUT2D eigenvalue weighted by atomic mass is 10.0. The van der Waals surface area contributed by atoms with Crippen LogP contribution in [0.5, 0.6) is 0 Å². The van der Waals surface area contributed by atoms with Gasteiger partial charge in [-0.1, -0.05) is 30.3 Å². The maximum absolute atomic E-state index is 5.04. The summed E-state index contributed by atoms with van der Waals surface area (Å²) in [5.74, 6) is 0. The Labute approximate surface area is 71.2 Å². The summed E-state index contributed by atoms with van der Waals surface area (Å²) in [6.07, 6.45) is 0.00574. The van der Waals surface area contributed by atoms with Gasteiger partial charge in [-0.2, -0.15) is 5.48 Å². The average molecular weight is 165 g/mol. The Hall–Kier alpha value is -0.900. The highest BCUT2D eigenvalue weighted by atomic mass is 17.3. The first-order valence-electron chi connectivity index (χ1n) is 4.01. The molecule has 0 spiro atoms. The average Bonchev–Trinajstić information content (AvgIpc) is 2.53. The molecule has 12 heavy (non-hydrogen) atoms. The summed E-state index contributed by atoms with van der Waals surface area (Å²) in [6.45, 7) is 2.02. The summed E-state index contributed by atoms with van der Waals surface area (Å²) in [4.78, 5) is 9.71. The molecule has 0 bridgehead atoms. The van der Waals surface area contributed by atoms with Gasteiger partial charge in [-0.25, -0.2) is 4.89 Å². The summed E-state index contributed by atoms with van der Waals surface area (Å²) in [7, 11) is 0. The molecule has 3 heteroatoms. The molecule has 1 N–H and O–H groups in total. The number of hydrogen-bond donors (Lipinski definition) is 1. The molecule has 1 aliphatic rings. The van der Waals surface area contributed by atoms with Crippen LogP contribution in [0.2, 0.25) is 0 Å². The molecule has 1 heterocycles. The van der Waals surface area contributed by atoms with E-state index in [-0.39, 0.29) is 12.1 Å². The Morgan fingerprint density at radius 3 is 2.58 bits per heavy atom. The van der Waals surface area contributed by atoms with Crippen molar-refractivity contribution in [3.63, 3.8) is 0 Å². The monoisotopic (exact) mass is 165 g/mol. The predicted octanol–water partition coefficient (Wildman–Crippen LogP) is 1.58. The second kappa shape index (κ2) is 3.23. The largest absolute Gasteiger partial charge is 0.208 e. The quantitative estimate of drug-likeness (QED) is 0.641. The molecule has 0 aliphatic carbocycles. The minimum atomic E-state index is 0.00574. The van der Waals surface area contributed by atoms with Gasteiger partial charge < -0.3 is 0 Å². The van der Waals surface area contributed by atoms with Gasteiger partial charge in [0, 0.05) is 0 Å². The SMILES string of the molecule is C[C@H]1NOO[C@H]1c1ccccc1. The highest BCUT2D eigenvalue weighted by molar-refractivity contribution is 5.18. The smallest absolute Gasteiger partial charge is 0.137 e. The van der Waals surface area contributed by atoms with E-state index < -0.39 is 0 Å². The minimum Gasteiger partial charge on any atom is -0.208 e. The molecule has 0 radical (unpaired) electrons. The van der Waals surface area contributed by atoms with E-state index in [0.717, 1.165) is 5.56 Å². The van der Waals surface area contributed by atoms with Crippen molar-refractivity contribution in [3.05, 3.63) is 35.9 Å². The summed E-state index contributed by atoms with van der Waals surface area (Å²) < 4.78 is 0. The third-order valence-corrected chi connectivity index (χ3v) is 1.97. The molecule has 0 saturated carbocycles. The third kappa shape index (κ3) is 1.34. The van der Waals surface area contributed by atoms with Crippen LogP contribution in [0.3, 0.4) is 0 Å². The van der Waals surface area contributed by atoms with E-state index in [1.165, 1.54) is 0 Å². The second-order valence-corrected chi connectivity index (χ2v) is 2.92. The topological polar surface area (TPSA) is 30.5 Å². The zero-order chi connectivity index (χ0) is 8.39. The first-order chi connectivity index (χ1) is 5.88. The van der Waals surface area contributed by atoms with E-state index in [1.807, 2.05) is 37.3 Å². The fraction of sp³-hybridized carbons (Fsp3) is 0.333. The van der Waals surface area contributed by atoms with Crippen LogP contribution in [0.4, 0.5) is 0 Å². The van der Waals surface area contributed by atoms with Gasteiger partial charge in [0.05, 0.1) is 6.04 Å². The summed E-state index contributed by atoms with van der Waals surface area (Å²) in [5, 5.41) is 0. The van der Waals surface area contributed by atoms with Crippen molar-refractivity contribution in [2.75, 3.05) is 0 Å². The highest BCUT2D eigenvalue weighted by Gasteiger charge is 2.27. The second-order valence-electron chi connectivity index (χ2n) is 2.92. The third-order valence-electron chi connectivity index (χ3n) is 1.97. The number of nitrogens with one attached hydrogen (secondary N) is 1. The van der Waals surface area contributed by atoms with Gasteiger partial charge in [-0.05, 0) is 12.5 Å². The number of hydroxylamine groups is 1. The van der Waals surface area contributed by atoms with Crippen molar-refractivity contribution in [2.24, 2.45) is 0 Å². The molecule has 0 aromatic heterocycles. The minimum absolute atomic E-state index is 0.00574. The Kier molecular flexibility index (Phi) is 2.08. The van der Waals surface area contributed by atoms with Crippen molar-refractivity contribution in [1.82, 2.24) is 5.48 Å². The molecule has 0 amide bonds. The van der Waals surface area contributed by atoms with Crippen LogP contribution in [-0.2, 0) is 9.88 Å². The Balaban J connectivity index is 2.19. The van der Waals surface area contributed by atoms with Crippen LogP contribution in [0.25, 0.3) is 0 Å². The standard InChI is InChI=1S/C9H11NO2/c1-7-9(11-12-10-7)8-5-3-2-4-6-8/h2-7,9-10H,1H3/t7-,9-/m1/s1. The Morgan fingerprint density at radius 2 is 2.00 bits per heavy atom. The summed E-state index contributed by atoms with van der Waals surface area (Å²) in [6, 6.07) is 10.2. The fourth-order valence-corrected chi connectivity index (χ4v) is 1.29. The fourth-order valence-electron chi connectivity index (χ4n) is 1.29. The van der Waals surface area contributed by atoms with Gasteiger partial charge in [-0.15, -0.1) is 4.99 Å². The molecule has 1 saturated heterocycles. The molecule has 3 nitrogen and oxygen atoms in total. The zero-order valence-corrected chi connectivity index (χ0v) is 6.86. The van der Waals surface area contributed by atoms with Crippen LogP contribution >= 0.6 is 0 Å². The van der Waals surface area contributed by atoms with Crippen molar-refractivity contribution in [1.29, 1.82) is 0 Å². The van der Waals surface area contributed by atoms with Gasteiger partial charge in [0.2, 0.25) is 0 Å². The van der Waals surface area contributed by atoms with Crippen molar-refractivity contribution >= 4 is 0 Å². The lowest BCUT2D eigenvalue weighted by molar-refractivity contribution is -0.308. The molecule has 1 aromatic carbocycles. The molecule has 0 unspecified atom stereocenters. The maximum atomic E-state index is 5.04. The molecular formula is C9H11NO2. The van der Waals surface area contributed by atoms with E-state index in [0.29, 0.717) is 0 Å². The molecule has 1 aromatic rings. The van der Waals surface area contributed by atoms with Gasteiger partial charge in [0.1, 0.15) is 6.10 Å². The van der Waals surface area contributed by atoms with Crippen molar-refractivity contribution in [3.8, 4) is 0 Å². The molecule has 2 rings (SSSR count). The van der Waals surface area contributed by atoms with Gasteiger partial charge in [0.25, 0.3) is 0 Å². The van der Waals surface area contributed by atoms with Crippen LogP contribution < -0.4 is 5.48 Å². The summed E-state index contributed by atoms with van der Waals surface area (Å²) in [5.41, 5.74) is 3.88. The van der Waals surface area contributed by atoms with Gasteiger partial charge in [0.15, 0.2) is 0 Å². The molecule has 1 aliphatic heterocycles. The molecule has 64 valence electrons. The Morgan fingerprint density at radius 1 is 1.25 bits per heavy atom. The van der Waals surface area contributed by atoms with E-state index in [2.05, 4.69) is 10.5 Å². The van der Waals surface area contributed by atoms with E-state index >= 15 is 0 Å². The maximum Gasteiger partial charge on any atom is 0.137 e.